The lowest BCUT2D eigenvalue weighted by Crippen LogP contribution is -2.31. The van der Waals surface area contributed by atoms with Crippen LogP contribution in [0.1, 0.15) is 22.3 Å². The molecule has 2 aliphatic rings. The van der Waals surface area contributed by atoms with Gasteiger partial charge < -0.3 is 0 Å². The zero-order valence-corrected chi connectivity index (χ0v) is 31.2. The lowest BCUT2D eigenvalue weighted by molar-refractivity contribution is 0.722. The van der Waals surface area contributed by atoms with Crippen LogP contribution in [0.2, 0.25) is 0 Å². The van der Waals surface area contributed by atoms with E-state index in [2.05, 4.69) is 194 Å². The highest BCUT2D eigenvalue weighted by Crippen LogP contribution is 2.62. The van der Waals surface area contributed by atoms with E-state index in [-0.39, 0.29) is 5.41 Å². The zero-order chi connectivity index (χ0) is 37.1. The second-order valence-corrected chi connectivity index (χ2v) is 15.6. The molecule has 262 valence electrons. The van der Waals surface area contributed by atoms with Crippen molar-refractivity contribution < 1.29 is 0 Å². The Kier molecular flexibility index (Phi) is 7.68. The van der Waals surface area contributed by atoms with Crippen molar-refractivity contribution in [3.8, 4) is 67.3 Å². The van der Waals surface area contributed by atoms with Crippen LogP contribution in [0.25, 0.3) is 67.3 Å². The van der Waals surface area contributed by atoms with Gasteiger partial charge in [0, 0.05) is 26.5 Å². The van der Waals surface area contributed by atoms with Gasteiger partial charge in [0.1, 0.15) is 0 Å². The highest BCUT2D eigenvalue weighted by Gasteiger charge is 2.50. The molecule has 0 N–H and O–H groups in total. The molecular formula is C53H34N2S. The van der Waals surface area contributed by atoms with Crippen molar-refractivity contribution >= 4 is 11.8 Å². The average Bonchev–Trinajstić information content (AvgIpc) is 3.57. The lowest BCUT2D eigenvalue weighted by atomic mass is 9.67. The van der Waals surface area contributed by atoms with Gasteiger partial charge in [-0.3, -0.25) is 0 Å². The first-order chi connectivity index (χ1) is 27.8. The summed E-state index contributed by atoms with van der Waals surface area (Å²) in [7, 11) is 0. The summed E-state index contributed by atoms with van der Waals surface area (Å²) in [5.41, 5.74) is 17.4. The van der Waals surface area contributed by atoms with Gasteiger partial charge in [0.15, 0.2) is 5.82 Å². The van der Waals surface area contributed by atoms with E-state index in [0.29, 0.717) is 5.82 Å². The van der Waals surface area contributed by atoms with Gasteiger partial charge in [-0.1, -0.05) is 200 Å². The molecular weight excluding hydrogens is 697 g/mol. The van der Waals surface area contributed by atoms with E-state index in [9.17, 15) is 0 Å². The number of fused-ring (bicyclic) bond motifs is 9. The first-order valence-electron chi connectivity index (χ1n) is 19.1. The molecule has 1 aliphatic heterocycles. The third-order valence-corrected chi connectivity index (χ3v) is 12.5. The molecule has 0 radical (unpaired) electrons. The summed E-state index contributed by atoms with van der Waals surface area (Å²) in [6, 6.07) is 74.4. The molecule has 0 saturated carbocycles. The van der Waals surface area contributed by atoms with Crippen LogP contribution in [0.4, 0.5) is 0 Å². The summed E-state index contributed by atoms with van der Waals surface area (Å²) in [4.78, 5) is 12.7. The molecule has 0 saturated heterocycles. The largest absolute Gasteiger partial charge is 0.228 e. The van der Waals surface area contributed by atoms with Gasteiger partial charge in [0.05, 0.1) is 16.8 Å². The van der Waals surface area contributed by atoms with E-state index in [1.807, 2.05) is 23.9 Å². The van der Waals surface area contributed by atoms with Gasteiger partial charge in [0.2, 0.25) is 0 Å². The van der Waals surface area contributed by atoms with Crippen LogP contribution in [-0.2, 0) is 5.41 Å². The van der Waals surface area contributed by atoms with Gasteiger partial charge >= 0.3 is 0 Å². The molecule has 1 aliphatic carbocycles. The summed E-state index contributed by atoms with van der Waals surface area (Å²) >= 11 is 1.89. The van der Waals surface area contributed by atoms with Crippen molar-refractivity contribution in [3.05, 3.63) is 229 Å². The van der Waals surface area contributed by atoms with Gasteiger partial charge in [-0.2, -0.15) is 0 Å². The van der Waals surface area contributed by atoms with Crippen molar-refractivity contribution in [1.29, 1.82) is 0 Å². The predicted octanol–water partition coefficient (Wildman–Crippen LogP) is 13.6. The topological polar surface area (TPSA) is 25.8 Å². The summed E-state index contributed by atoms with van der Waals surface area (Å²) in [6.07, 6.45) is 0. The number of hydrogen-bond acceptors (Lipinski definition) is 3. The Morgan fingerprint density at radius 1 is 0.304 bits per heavy atom. The maximum absolute atomic E-state index is 5.07. The molecule has 2 heterocycles. The minimum absolute atomic E-state index is 0.376. The Balaban J connectivity index is 1.01. The third kappa shape index (κ3) is 5.12. The molecule has 1 spiro atoms. The second kappa shape index (κ2) is 13.2. The molecule has 2 nitrogen and oxygen atoms in total. The Labute approximate surface area is 331 Å². The lowest BCUT2D eigenvalue weighted by Gasteiger charge is -2.39. The molecule has 0 unspecified atom stereocenters. The number of nitrogens with zero attached hydrogens (tertiary/aromatic N) is 2. The van der Waals surface area contributed by atoms with Crippen molar-refractivity contribution in [1.82, 2.24) is 9.97 Å². The molecule has 11 rings (SSSR count). The van der Waals surface area contributed by atoms with Crippen molar-refractivity contribution in [2.45, 2.75) is 15.2 Å². The Bertz CT molecular complexity index is 2830. The summed E-state index contributed by atoms with van der Waals surface area (Å²) < 4.78 is 0. The van der Waals surface area contributed by atoms with Gasteiger partial charge in [0.25, 0.3) is 0 Å². The van der Waals surface area contributed by atoms with Crippen molar-refractivity contribution in [3.63, 3.8) is 0 Å². The molecule has 56 heavy (non-hydrogen) atoms. The van der Waals surface area contributed by atoms with Gasteiger partial charge in [-0.15, -0.1) is 0 Å². The van der Waals surface area contributed by atoms with Crippen LogP contribution in [0.5, 0.6) is 0 Å². The maximum Gasteiger partial charge on any atom is 0.160 e. The van der Waals surface area contributed by atoms with E-state index in [0.717, 1.165) is 33.6 Å². The highest BCUT2D eigenvalue weighted by atomic mass is 32.2. The van der Waals surface area contributed by atoms with Crippen LogP contribution >= 0.6 is 11.8 Å². The van der Waals surface area contributed by atoms with Crippen LogP contribution in [-0.4, -0.2) is 9.97 Å². The molecule has 0 atom stereocenters. The van der Waals surface area contributed by atoms with Gasteiger partial charge in [-0.05, 0) is 73.8 Å². The molecule has 0 bridgehead atoms. The Hall–Kier alpha value is -6.81. The number of benzene rings is 8. The molecule has 1 aromatic heterocycles. The van der Waals surface area contributed by atoms with Crippen LogP contribution in [0.15, 0.2) is 216 Å². The molecule has 0 amide bonds. The fourth-order valence-electron chi connectivity index (χ4n) is 8.90. The fourth-order valence-corrected chi connectivity index (χ4v) is 10.1. The van der Waals surface area contributed by atoms with Crippen molar-refractivity contribution in [2.24, 2.45) is 0 Å². The minimum Gasteiger partial charge on any atom is -0.228 e. The SMILES string of the molecule is c1ccc(-c2cc(-c3ccccc3)nc(-c3ccc(-c4ccccc4-c4ccc5c(c4)Sc4ccccc4C54c5ccccc5-c5ccccc54)cc3)n2)cc1. The maximum atomic E-state index is 5.07. The molecule has 8 aromatic carbocycles. The second-order valence-electron chi connectivity index (χ2n) is 14.5. The third-order valence-electron chi connectivity index (χ3n) is 11.4. The van der Waals surface area contributed by atoms with Gasteiger partial charge in [-0.25, -0.2) is 9.97 Å². The van der Waals surface area contributed by atoms with Crippen LogP contribution < -0.4 is 0 Å². The quantitative estimate of drug-likeness (QED) is 0.176. The zero-order valence-electron chi connectivity index (χ0n) is 30.4. The Morgan fingerprint density at radius 2 is 0.750 bits per heavy atom. The first-order valence-corrected chi connectivity index (χ1v) is 19.9. The van der Waals surface area contributed by atoms with E-state index < -0.39 is 0 Å². The summed E-state index contributed by atoms with van der Waals surface area (Å²) in [6.45, 7) is 0. The normalized spacial score (nSPS) is 13.1. The van der Waals surface area contributed by atoms with Crippen LogP contribution in [0.3, 0.4) is 0 Å². The smallest absolute Gasteiger partial charge is 0.160 e. The minimum atomic E-state index is -0.376. The number of hydrogen-bond donors (Lipinski definition) is 0. The standard InChI is InChI=1S/C53H34N2S/c1-3-15-36(16-4-1)48-34-49(37-17-5-2-6-18-37)55-52(54-48)38-29-27-35(28-30-38)40-19-7-8-20-41(40)39-31-32-47-51(33-39)56-50-26-14-13-25-46(50)53(47)44-23-11-9-21-42(44)43-22-10-12-24-45(43)53/h1-34H. The first kappa shape index (κ1) is 32.6. The van der Waals surface area contributed by atoms with E-state index >= 15 is 0 Å². The fraction of sp³-hybridized carbons (Fsp3) is 0.0189. The average molecular weight is 731 g/mol. The van der Waals surface area contributed by atoms with Crippen LogP contribution in [0, 0.1) is 0 Å². The van der Waals surface area contributed by atoms with E-state index in [4.69, 9.17) is 9.97 Å². The molecule has 3 heteroatoms. The van der Waals surface area contributed by atoms with Crippen molar-refractivity contribution in [2.75, 3.05) is 0 Å². The number of aromatic nitrogens is 2. The monoisotopic (exact) mass is 730 g/mol. The number of rotatable bonds is 5. The molecule has 9 aromatic rings. The summed E-state index contributed by atoms with van der Waals surface area (Å²) in [5, 5.41) is 0. The van der Waals surface area contributed by atoms with E-state index in [1.54, 1.807) is 0 Å². The summed E-state index contributed by atoms with van der Waals surface area (Å²) in [5.74, 6) is 0.709. The van der Waals surface area contributed by atoms with E-state index in [1.165, 1.54) is 59.9 Å². The Morgan fingerprint density at radius 3 is 1.36 bits per heavy atom. The predicted molar refractivity (Wildman–Crippen MR) is 231 cm³/mol. The highest BCUT2D eigenvalue weighted by molar-refractivity contribution is 7.99. The molecule has 0 fully saturated rings.